The fraction of sp³-hybridized carbons (Fsp3) is 0.474. The second-order valence-electron chi connectivity index (χ2n) is 6.17. The van der Waals surface area contributed by atoms with Gasteiger partial charge < -0.3 is 10.6 Å². The average Bonchev–Trinajstić information content (AvgIpc) is 3.08. The molecular formula is C19H26N4. The zero-order valence-electron chi connectivity index (χ0n) is 14.1. The maximum Gasteiger partial charge on any atom is 0.224 e. The van der Waals surface area contributed by atoms with Crippen molar-refractivity contribution >= 4 is 17.5 Å². The van der Waals surface area contributed by atoms with E-state index in [0.717, 1.165) is 24.6 Å². The largest absolute Gasteiger partial charge is 0.351 e. The van der Waals surface area contributed by atoms with Gasteiger partial charge in [0.1, 0.15) is 5.82 Å². The number of hydrogen-bond donors (Lipinski definition) is 2. The second kappa shape index (κ2) is 7.44. The molecule has 0 saturated heterocycles. The lowest BCUT2D eigenvalue weighted by Crippen LogP contribution is -2.16. The molecule has 4 heteroatoms. The standard InChI is InChI=1S/C19H26N4/c1-3-14-8-7-9-15(4-2)18(14)22-17-12-13-20-19(23-17)21-16-10-5-6-11-16/h7-9,12-13,16H,3-6,10-11H2,1-2H3,(H2,20,21,22,23). The minimum Gasteiger partial charge on any atom is -0.351 e. The lowest BCUT2D eigenvalue weighted by molar-refractivity contribution is 0.744. The van der Waals surface area contributed by atoms with E-state index in [0.29, 0.717) is 6.04 Å². The molecule has 0 atom stereocenters. The van der Waals surface area contributed by atoms with E-state index in [1.165, 1.54) is 42.5 Å². The molecule has 0 amide bonds. The Bertz CT molecular complexity index is 625. The molecular weight excluding hydrogens is 284 g/mol. The van der Waals surface area contributed by atoms with Crippen LogP contribution < -0.4 is 10.6 Å². The first-order valence-electron chi connectivity index (χ1n) is 8.77. The van der Waals surface area contributed by atoms with E-state index < -0.39 is 0 Å². The summed E-state index contributed by atoms with van der Waals surface area (Å²) in [4.78, 5) is 9.02. The van der Waals surface area contributed by atoms with E-state index in [1.807, 2.05) is 12.3 Å². The van der Waals surface area contributed by atoms with Gasteiger partial charge in [0.05, 0.1) is 0 Å². The highest BCUT2D eigenvalue weighted by molar-refractivity contribution is 5.65. The van der Waals surface area contributed by atoms with Crippen LogP contribution in [0.4, 0.5) is 17.5 Å². The molecule has 4 nitrogen and oxygen atoms in total. The van der Waals surface area contributed by atoms with Crippen LogP contribution in [0.1, 0.15) is 50.7 Å². The summed E-state index contributed by atoms with van der Waals surface area (Å²) in [6, 6.07) is 8.96. The Kier molecular flexibility index (Phi) is 5.11. The minimum absolute atomic E-state index is 0.527. The van der Waals surface area contributed by atoms with E-state index in [-0.39, 0.29) is 0 Å². The molecule has 3 rings (SSSR count). The number of hydrogen-bond acceptors (Lipinski definition) is 4. The molecule has 1 aliphatic rings. The maximum absolute atomic E-state index is 4.65. The number of aryl methyl sites for hydroxylation is 2. The summed E-state index contributed by atoms with van der Waals surface area (Å²) < 4.78 is 0. The Hall–Kier alpha value is -2.10. The molecule has 23 heavy (non-hydrogen) atoms. The van der Waals surface area contributed by atoms with E-state index in [4.69, 9.17) is 0 Å². The van der Waals surface area contributed by atoms with E-state index in [2.05, 4.69) is 52.6 Å². The quantitative estimate of drug-likeness (QED) is 0.812. The van der Waals surface area contributed by atoms with Gasteiger partial charge >= 0.3 is 0 Å². The number of nitrogens with one attached hydrogen (secondary N) is 2. The summed E-state index contributed by atoms with van der Waals surface area (Å²) in [5, 5.41) is 6.98. The van der Waals surface area contributed by atoms with Crippen LogP contribution in [0.15, 0.2) is 30.5 Å². The fourth-order valence-corrected chi connectivity index (χ4v) is 3.28. The summed E-state index contributed by atoms with van der Waals surface area (Å²) in [5.41, 5.74) is 3.85. The van der Waals surface area contributed by atoms with E-state index >= 15 is 0 Å². The fourth-order valence-electron chi connectivity index (χ4n) is 3.28. The highest BCUT2D eigenvalue weighted by Crippen LogP contribution is 2.26. The van der Waals surface area contributed by atoms with Gasteiger partial charge in [-0.2, -0.15) is 4.98 Å². The van der Waals surface area contributed by atoms with Crippen molar-refractivity contribution in [2.45, 2.75) is 58.4 Å². The molecule has 1 heterocycles. The van der Waals surface area contributed by atoms with Crippen molar-refractivity contribution in [3.8, 4) is 0 Å². The van der Waals surface area contributed by atoms with Crippen molar-refractivity contribution in [1.82, 2.24) is 9.97 Å². The predicted molar refractivity (Wildman–Crippen MR) is 96.4 cm³/mol. The van der Waals surface area contributed by atoms with Crippen molar-refractivity contribution in [3.63, 3.8) is 0 Å². The molecule has 0 unspecified atom stereocenters. The van der Waals surface area contributed by atoms with Crippen LogP contribution in [-0.2, 0) is 12.8 Å². The van der Waals surface area contributed by atoms with Crippen LogP contribution >= 0.6 is 0 Å². The highest BCUT2D eigenvalue weighted by Gasteiger charge is 2.15. The molecule has 1 fully saturated rings. The molecule has 1 aromatic carbocycles. The van der Waals surface area contributed by atoms with Crippen molar-refractivity contribution in [2.75, 3.05) is 10.6 Å². The van der Waals surface area contributed by atoms with Gasteiger partial charge in [0.15, 0.2) is 0 Å². The number of para-hydroxylation sites is 1. The van der Waals surface area contributed by atoms with Gasteiger partial charge in [0, 0.05) is 17.9 Å². The molecule has 1 aromatic heterocycles. The third kappa shape index (κ3) is 3.81. The first-order valence-corrected chi connectivity index (χ1v) is 8.77. The molecule has 0 bridgehead atoms. The Balaban J connectivity index is 1.80. The van der Waals surface area contributed by atoms with E-state index in [1.54, 1.807) is 0 Å². The summed E-state index contributed by atoms with van der Waals surface area (Å²) in [7, 11) is 0. The number of nitrogens with zero attached hydrogens (tertiary/aromatic N) is 2. The molecule has 2 aromatic rings. The summed E-state index contributed by atoms with van der Waals surface area (Å²) in [6.45, 7) is 4.38. The molecule has 0 spiro atoms. The van der Waals surface area contributed by atoms with E-state index in [9.17, 15) is 0 Å². The van der Waals surface area contributed by atoms with Crippen molar-refractivity contribution in [3.05, 3.63) is 41.6 Å². The van der Waals surface area contributed by atoms with Gasteiger partial charge in [0.25, 0.3) is 0 Å². The first-order chi connectivity index (χ1) is 11.3. The Morgan fingerprint density at radius 3 is 2.39 bits per heavy atom. The van der Waals surface area contributed by atoms with Crippen LogP contribution in [-0.4, -0.2) is 16.0 Å². The van der Waals surface area contributed by atoms with Crippen molar-refractivity contribution < 1.29 is 0 Å². The normalized spacial score (nSPS) is 14.9. The second-order valence-corrected chi connectivity index (χ2v) is 6.17. The van der Waals surface area contributed by atoms with Crippen molar-refractivity contribution in [1.29, 1.82) is 0 Å². The number of rotatable bonds is 6. The predicted octanol–water partition coefficient (Wildman–Crippen LogP) is 4.70. The van der Waals surface area contributed by atoms with Gasteiger partial charge in [-0.3, -0.25) is 0 Å². The smallest absolute Gasteiger partial charge is 0.224 e. The molecule has 0 aliphatic heterocycles. The molecule has 0 radical (unpaired) electrons. The van der Waals surface area contributed by atoms with Gasteiger partial charge in [-0.05, 0) is 42.9 Å². The Labute approximate surface area is 138 Å². The zero-order valence-corrected chi connectivity index (χ0v) is 14.1. The van der Waals surface area contributed by atoms with Crippen LogP contribution in [0.2, 0.25) is 0 Å². The Morgan fingerprint density at radius 1 is 1.04 bits per heavy atom. The van der Waals surface area contributed by atoms with Gasteiger partial charge in [-0.15, -0.1) is 0 Å². The number of aromatic nitrogens is 2. The monoisotopic (exact) mass is 310 g/mol. The van der Waals surface area contributed by atoms with Crippen molar-refractivity contribution in [2.24, 2.45) is 0 Å². The Morgan fingerprint density at radius 2 is 1.74 bits per heavy atom. The molecule has 1 saturated carbocycles. The minimum atomic E-state index is 0.527. The third-order valence-electron chi connectivity index (χ3n) is 4.60. The molecule has 1 aliphatic carbocycles. The van der Waals surface area contributed by atoms with Crippen LogP contribution in [0.25, 0.3) is 0 Å². The lowest BCUT2D eigenvalue weighted by Gasteiger charge is -2.16. The summed E-state index contributed by atoms with van der Waals surface area (Å²) in [6.07, 6.45) is 8.90. The summed E-state index contributed by atoms with van der Waals surface area (Å²) in [5.74, 6) is 1.59. The third-order valence-corrected chi connectivity index (χ3v) is 4.60. The van der Waals surface area contributed by atoms with Gasteiger partial charge in [-0.1, -0.05) is 44.9 Å². The topological polar surface area (TPSA) is 49.8 Å². The van der Waals surface area contributed by atoms with Crippen LogP contribution in [0.5, 0.6) is 0 Å². The SMILES string of the molecule is CCc1cccc(CC)c1Nc1ccnc(NC2CCCC2)n1. The highest BCUT2D eigenvalue weighted by atomic mass is 15.2. The van der Waals surface area contributed by atoms with Gasteiger partial charge in [-0.25, -0.2) is 4.98 Å². The first kappa shape index (κ1) is 15.8. The van der Waals surface area contributed by atoms with Gasteiger partial charge in [0.2, 0.25) is 5.95 Å². The van der Waals surface area contributed by atoms with Crippen LogP contribution in [0.3, 0.4) is 0 Å². The lowest BCUT2D eigenvalue weighted by atomic mass is 10.0. The van der Waals surface area contributed by atoms with Crippen LogP contribution in [0, 0.1) is 0 Å². The number of anilines is 3. The maximum atomic E-state index is 4.65. The molecule has 2 N–H and O–H groups in total. The average molecular weight is 310 g/mol. The number of benzene rings is 1. The summed E-state index contributed by atoms with van der Waals surface area (Å²) >= 11 is 0. The zero-order chi connectivity index (χ0) is 16.1. The molecule has 122 valence electrons.